The first-order valence-electron chi connectivity index (χ1n) is 9.56. The van der Waals surface area contributed by atoms with Gasteiger partial charge in [-0.05, 0) is 66.4 Å². The molecule has 4 aromatic carbocycles. The van der Waals surface area contributed by atoms with E-state index in [1.165, 1.54) is 43.4 Å². The maximum absolute atomic E-state index is 2.41. The average molecular weight is 341 g/mol. The quantitative estimate of drug-likeness (QED) is 0.287. The lowest BCUT2D eigenvalue weighted by molar-refractivity contribution is 0.592. The molecule has 0 bridgehead atoms. The summed E-state index contributed by atoms with van der Waals surface area (Å²) >= 11 is 0. The van der Waals surface area contributed by atoms with Crippen LogP contribution in [0.3, 0.4) is 0 Å². The molecule has 0 N–H and O–H groups in total. The summed E-state index contributed by atoms with van der Waals surface area (Å²) in [7, 11) is 0. The van der Waals surface area contributed by atoms with Crippen molar-refractivity contribution in [1.82, 2.24) is 0 Å². The van der Waals surface area contributed by atoms with Gasteiger partial charge in [0.15, 0.2) is 0 Å². The third-order valence-electron chi connectivity index (χ3n) is 5.46. The van der Waals surface area contributed by atoms with E-state index in [0.29, 0.717) is 0 Å². The minimum Gasteiger partial charge on any atom is -0.0616 e. The topological polar surface area (TPSA) is 0 Å². The predicted octanol–water partition coefficient (Wildman–Crippen LogP) is 7.74. The molecule has 4 aromatic rings. The minimum atomic E-state index is 0.0849. The second-order valence-corrected chi connectivity index (χ2v) is 9.54. The summed E-state index contributed by atoms with van der Waals surface area (Å²) in [4.78, 5) is 0. The van der Waals surface area contributed by atoms with Crippen LogP contribution in [0.4, 0.5) is 0 Å². The van der Waals surface area contributed by atoms with Gasteiger partial charge in [-0.2, -0.15) is 0 Å². The van der Waals surface area contributed by atoms with E-state index in [9.17, 15) is 0 Å². The molecule has 0 saturated heterocycles. The van der Waals surface area contributed by atoms with Gasteiger partial charge in [-0.25, -0.2) is 0 Å². The first-order chi connectivity index (χ1) is 12.2. The maximum Gasteiger partial charge on any atom is -0.00585 e. The largest absolute Gasteiger partial charge is 0.0616 e. The van der Waals surface area contributed by atoms with E-state index in [1.54, 1.807) is 0 Å². The van der Waals surface area contributed by atoms with Crippen LogP contribution in [0.1, 0.15) is 52.7 Å². The molecule has 0 unspecified atom stereocenters. The summed E-state index contributed by atoms with van der Waals surface area (Å²) in [5.41, 5.74) is 3.05. The standard InChI is InChI=1S/C26H28/c1-25(2,3)21-15-17-11-7-10-14-20(17)24-22(26(4,5)6)16-18-12-8-9-13-19(18)23(21)24/h7-16H,1-6H3. The third kappa shape index (κ3) is 2.60. The summed E-state index contributed by atoms with van der Waals surface area (Å²) in [6, 6.07) is 22.5. The molecule has 0 aliphatic carbocycles. The van der Waals surface area contributed by atoms with E-state index in [0.717, 1.165) is 0 Å². The van der Waals surface area contributed by atoms with Crippen LogP contribution in [0.25, 0.3) is 32.3 Å². The summed E-state index contributed by atoms with van der Waals surface area (Å²) in [5.74, 6) is 0. The van der Waals surface area contributed by atoms with Crippen LogP contribution < -0.4 is 0 Å². The molecule has 0 aromatic heterocycles. The van der Waals surface area contributed by atoms with E-state index >= 15 is 0 Å². The molecule has 132 valence electrons. The fraction of sp³-hybridized carbons (Fsp3) is 0.308. The van der Waals surface area contributed by atoms with E-state index in [4.69, 9.17) is 0 Å². The van der Waals surface area contributed by atoms with Crippen molar-refractivity contribution in [2.45, 2.75) is 52.4 Å². The molecule has 0 aliphatic rings. The average Bonchev–Trinajstić information content (AvgIpc) is 2.58. The summed E-state index contributed by atoms with van der Waals surface area (Å²) in [6.07, 6.45) is 0. The minimum absolute atomic E-state index is 0.0849. The smallest absolute Gasteiger partial charge is 0.00585 e. The van der Waals surface area contributed by atoms with Gasteiger partial charge in [0.05, 0.1) is 0 Å². The molecule has 0 radical (unpaired) electrons. The molecular weight excluding hydrogens is 312 g/mol. The van der Waals surface area contributed by atoms with E-state index in [1.807, 2.05) is 0 Å². The van der Waals surface area contributed by atoms with Gasteiger partial charge >= 0.3 is 0 Å². The Morgan fingerprint density at radius 2 is 0.846 bits per heavy atom. The molecule has 26 heavy (non-hydrogen) atoms. The Labute approximate surface area is 156 Å². The Balaban J connectivity index is 2.41. The number of benzene rings is 4. The zero-order valence-corrected chi connectivity index (χ0v) is 16.8. The second-order valence-electron chi connectivity index (χ2n) is 9.54. The van der Waals surface area contributed by atoms with Crippen LogP contribution in [-0.4, -0.2) is 0 Å². The van der Waals surface area contributed by atoms with Crippen molar-refractivity contribution in [3.05, 3.63) is 71.8 Å². The van der Waals surface area contributed by atoms with Crippen LogP contribution in [0, 0.1) is 0 Å². The van der Waals surface area contributed by atoms with Gasteiger partial charge in [0.2, 0.25) is 0 Å². The summed E-state index contributed by atoms with van der Waals surface area (Å²) < 4.78 is 0. The highest BCUT2D eigenvalue weighted by atomic mass is 14.3. The van der Waals surface area contributed by atoms with Gasteiger partial charge in [0.1, 0.15) is 0 Å². The van der Waals surface area contributed by atoms with Gasteiger partial charge in [-0.3, -0.25) is 0 Å². The fourth-order valence-electron chi connectivity index (χ4n) is 4.17. The van der Waals surface area contributed by atoms with E-state index in [2.05, 4.69) is 102 Å². The van der Waals surface area contributed by atoms with Crippen LogP contribution in [0.2, 0.25) is 0 Å². The van der Waals surface area contributed by atoms with Crippen LogP contribution in [0.5, 0.6) is 0 Å². The molecule has 0 heteroatoms. The molecule has 0 aliphatic heterocycles. The lowest BCUT2D eigenvalue weighted by Crippen LogP contribution is -2.15. The zero-order chi connectivity index (χ0) is 18.7. The second kappa shape index (κ2) is 5.58. The number of hydrogen-bond acceptors (Lipinski definition) is 0. The van der Waals surface area contributed by atoms with Gasteiger partial charge in [-0.1, -0.05) is 90.1 Å². The third-order valence-corrected chi connectivity index (χ3v) is 5.46. The van der Waals surface area contributed by atoms with Crippen molar-refractivity contribution < 1.29 is 0 Å². The zero-order valence-electron chi connectivity index (χ0n) is 16.8. The first kappa shape index (κ1) is 17.1. The van der Waals surface area contributed by atoms with Crippen molar-refractivity contribution in [2.75, 3.05) is 0 Å². The Bertz CT molecular complexity index is 1040. The van der Waals surface area contributed by atoms with Gasteiger partial charge < -0.3 is 0 Å². The van der Waals surface area contributed by atoms with Crippen molar-refractivity contribution in [3.8, 4) is 0 Å². The normalized spacial score (nSPS) is 13.0. The highest BCUT2D eigenvalue weighted by Gasteiger charge is 2.25. The van der Waals surface area contributed by atoms with Gasteiger partial charge in [0, 0.05) is 0 Å². The van der Waals surface area contributed by atoms with E-state index in [-0.39, 0.29) is 10.8 Å². The van der Waals surface area contributed by atoms with Crippen molar-refractivity contribution >= 4 is 32.3 Å². The lowest BCUT2D eigenvalue weighted by Gasteiger charge is -2.28. The summed E-state index contributed by atoms with van der Waals surface area (Å²) in [6.45, 7) is 14.0. The Hall–Kier alpha value is -2.34. The fourth-order valence-corrected chi connectivity index (χ4v) is 4.17. The molecular formula is C26H28. The van der Waals surface area contributed by atoms with Crippen LogP contribution in [-0.2, 0) is 10.8 Å². The van der Waals surface area contributed by atoms with Gasteiger partial charge in [0.25, 0.3) is 0 Å². The molecule has 0 amide bonds. The number of hydrogen-bond donors (Lipinski definition) is 0. The number of rotatable bonds is 0. The number of fused-ring (bicyclic) bond motifs is 5. The molecule has 0 fully saturated rings. The maximum atomic E-state index is 2.41. The molecule has 0 spiro atoms. The SMILES string of the molecule is CC(C)(C)c1cc2ccccc2c2c(C(C)(C)C)cc3ccccc3c12. The van der Waals surface area contributed by atoms with Crippen LogP contribution >= 0.6 is 0 Å². The Kier molecular flexibility index (Phi) is 3.67. The molecule has 0 heterocycles. The highest BCUT2D eigenvalue weighted by molar-refractivity contribution is 6.20. The van der Waals surface area contributed by atoms with Crippen molar-refractivity contribution in [3.63, 3.8) is 0 Å². The first-order valence-corrected chi connectivity index (χ1v) is 9.56. The molecule has 0 saturated carbocycles. The predicted molar refractivity (Wildman–Crippen MR) is 116 cm³/mol. The Morgan fingerprint density at radius 3 is 1.19 bits per heavy atom. The lowest BCUT2D eigenvalue weighted by atomic mass is 9.75. The van der Waals surface area contributed by atoms with Gasteiger partial charge in [-0.15, -0.1) is 0 Å². The van der Waals surface area contributed by atoms with Crippen molar-refractivity contribution in [2.24, 2.45) is 0 Å². The molecule has 0 nitrogen and oxygen atoms in total. The molecule has 4 rings (SSSR count). The van der Waals surface area contributed by atoms with Crippen LogP contribution in [0.15, 0.2) is 60.7 Å². The summed E-state index contributed by atoms with van der Waals surface area (Å²) in [5, 5.41) is 8.27. The van der Waals surface area contributed by atoms with E-state index < -0.39 is 0 Å². The van der Waals surface area contributed by atoms with Crippen molar-refractivity contribution in [1.29, 1.82) is 0 Å². The molecule has 0 atom stereocenters. The Morgan fingerprint density at radius 1 is 0.500 bits per heavy atom. The monoisotopic (exact) mass is 340 g/mol. The highest BCUT2D eigenvalue weighted by Crippen LogP contribution is 2.44.